The normalized spacial score (nSPS) is 15.9. The number of hydrogen-bond acceptors (Lipinski definition) is 4. The van der Waals surface area contributed by atoms with Crippen molar-refractivity contribution in [2.24, 2.45) is 0 Å². The van der Waals surface area contributed by atoms with Crippen molar-refractivity contribution in [1.29, 1.82) is 0 Å². The van der Waals surface area contributed by atoms with Crippen LogP contribution in [0.4, 0.5) is 4.39 Å². The van der Waals surface area contributed by atoms with Crippen molar-refractivity contribution in [2.75, 3.05) is 32.7 Å². The maximum atomic E-state index is 13.2. The van der Waals surface area contributed by atoms with Crippen LogP contribution in [0.2, 0.25) is 0 Å². The van der Waals surface area contributed by atoms with Gasteiger partial charge in [0.25, 0.3) is 5.91 Å². The molecule has 0 aromatic rings. The molecule has 0 fully saturated rings. The van der Waals surface area contributed by atoms with Crippen LogP contribution in [-0.2, 0) is 9.59 Å². The van der Waals surface area contributed by atoms with Crippen molar-refractivity contribution < 1.29 is 14.0 Å². The topological polar surface area (TPSA) is 73.5 Å². The van der Waals surface area contributed by atoms with Gasteiger partial charge in [-0.2, -0.15) is 0 Å². The molecular weight excluding hydrogens is 407 g/mol. The molecule has 1 rings (SSSR count). The lowest BCUT2D eigenvalue weighted by Gasteiger charge is -2.18. The molecule has 2 amide bonds. The zero-order chi connectivity index (χ0) is 24.5. The van der Waals surface area contributed by atoms with E-state index in [0.29, 0.717) is 36.4 Å². The van der Waals surface area contributed by atoms with Gasteiger partial charge in [-0.3, -0.25) is 9.59 Å². The van der Waals surface area contributed by atoms with Gasteiger partial charge in [0.2, 0.25) is 5.91 Å². The third-order valence-electron chi connectivity index (χ3n) is 4.91. The molecule has 7 heteroatoms. The standard InChI is InChI=1S/C23H35FN4O2.C2H6/c1-6-19(24)10-11-20-16-18(22(29)27-20)12-13-25-17(5)21(7-2)23(30)26-14-15-28(8-3)9-4;1-2/h6,10-12,16,25H,7-9,13-15H2,1-5H3,(H,26,30)(H,27,29);1-2H3/b11-10-,18-12-,19-6+,21-17+;. The fourth-order valence-electron chi connectivity index (χ4n) is 2.97. The Hall–Kier alpha value is -2.67. The molecule has 1 aliphatic heterocycles. The summed E-state index contributed by atoms with van der Waals surface area (Å²) in [4.78, 5) is 26.7. The second-order valence-electron chi connectivity index (χ2n) is 6.84. The Morgan fingerprint density at radius 2 is 1.84 bits per heavy atom. The molecule has 1 aliphatic rings. The number of halogens is 1. The fourth-order valence-corrected chi connectivity index (χ4v) is 2.97. The minimum atomic E-state index is -0.368. The zero-order valence-corrected chi connectivity index (χ0v) is 20.8. The van der Waals surface area contributed by atoms with E-state index in [0.717, 1.165) is 25.3 Å². The number of nitrogens with zero attached hydrogens (tertiary/aromatic N) is 1. The first-order chi connectivity index (χ1) is 15.4. The fraction of sp³-hybridized carbons (Fsp3) is 0.520. The van der Waals surface area contributed by atoms with E-state index in [4.69, 9.17) is 0 Å². The summed E-state index contributed by atoms with van der Waals surface area (Å²) in [5.41, 5.74) is 2.52. The number of likely N-dealkylation sites (N-methyl/N-ethyl adjacent to an activating group) is 1. The van der Waals surface area contributed by atoms with E-state index in [-0.39, 0.29) is 17.6 Å². The van der Waals surface area contributed by atoms with Crippen molar-refractivity contribution in [3.8, 4) is 0 Å². The molecule has 0 saturated heterocycles. The minimum Gasteiger partial charge on any atom is -0.385 e. The Kier molecular flexibility index (Phi) is 15.5. The highest BCUT2D eigenvalue weighted by Gasteiger charge is 2.16. The number of amides is 2. The van der Waals surface area contributed by atoms with E-state index >= 15 is 0 Å². The maximum absolute atomic E-state index is 13.2. The summed E-state index contributed by atoms with van der Waals surface area (Å²) in [6.45, 7) is 17.4. The smallest absolute Gasteiger partial charge is 0.255 e. The summed E-state index contributed by atoms with van der Waals surface area (Å²) in [6.07, 6.45) is 8.18. The summed E-state index contributed by atoms with van der Waals surface area (Å²) in [5, 5.41) is 8.85. The van der Waals surface area contributed by atoms with Gasteiger partial charge in [-0.25, -0.2) is 4.39 Å². The van der Waals surface area contributed by atoms with Crippen LogP contribution in [0.5, 0.6) is 0 Å². The lowest BCUT2D eigenvalue weighted by atomic mass is 10.1. The lowest BCUT2D eigenvalue weighted by Crippen LogP contribution is -2.36. The molecule has 0 saturated carbocycles. The summed E-state index contributed by atoms with van der Waals surface area (Å²) >= 11 is 0. The van der Waals surface area contributed by atoms with Gasteiger partial charge < -0.3 is 20.9 Å². The van der Waals surface area contributed by atoms with Gasteiger partial charge in [0.15, 0.2) is 0 Å². The molecule has 0 bridgehead atoms. The third kappa shape index (κ3) is 10.6. The van der Waals surface area contributed by atoms with Crippen LogP contribution in [0.15, 0.2) is 58.7 Å². The van der Waals surface area contributed by atoms with Gasteiger partial charge in [0.1, 0.15) is 5.83 Å². The highest BCUT2D eigenvalue weighted by molar-refractivity contribution is 6.01. The molecule has 0 aromatic carbocycles. The molecule has 1 heterocycles. The number of allylic oxidation sites excluding steroid dienone is 5. The monoisotopic (exact) mass is 448 g/mol. The van der Waals surface area contributed by atoms with Crippen LogP contribution in [0.3, 0.4) is 0 Å². The van der Waals surface area contributed by atoms with Crippen molar-refractivity contribution >= 4 is 11.8 Å². The van der Waals surface area contributed by atoms with Gasteiger partial charge in [0, 0.05) is 42.2 Å². The van der Waals surface area contributed by atoms with Gasteiger partial charge in [-0.1, -0.05) is 46.8 Å². The molecule has 3 N–H and O–H groups in total. The second kappa shape index (κ2) is 17.0. The third-order valence-corrected chi connectivity index (χ3v) is 4.91. The number of nitrogens with one attached hydrogen (secondary N) is 3. The molecule has 180 valence electrons. The molecule has 0 aromatic heterocycles. The van der Waals surface area contributed by atoms with E-state index in [1.807, 2.05) is 27.7 Å². The Morgan fingerprint density at radius 3 is 2.41 bits per heavy atom. The van der Waals surface area contributed by atoms with E-state index in [1.165, 1.54) is 18.2 Å². The Bertz CT molecular complexity index is 760. The van der Waals surface area contributed by atoms with Crippen molar-refractivity contribution in [3.05, 3.63) is 58.7 Å². The first-order valence-corrected chi connectivity index (χ1v) is 11.5. The quantitative estimate of drug-likeness (QED) is 0.310. The number of carbonyl (C=O) groups is 2. The van der Waals surface area contributed by atoms with Crippen LogP contribution in [0.1, 0.15) is 54.9 Å². The summed E-state index contributed by atoms with van der Waals surface area (Å²) in [5.74, 6) is -0.671. The average molecular weight is 449 g/mol. The van der Waals surface area contributed by atoms with Crippen LogP contribution in [0.25, 0.3) is 0 Å². The van der Waals surface area contributed by atoms with Crippen molar-refractivity contribution in [2.45, 2.75) is 54.9 Å². The largest absolute Gasteiger partial charge is 0.385 e. The molecule has 0 unspecified atom stereocenters. The predicted molar refractivity (Wildman–Crippen MR) is 131 cm³/mol. The second-order valence-corrected chi connectivity index (χ2v) is 6.84. The highest BCUT2D eigenvalue weighted by Crippen LogP contribution is 2.13. The first-order valence-electron chi connectivity index (χ1n) is 11.5. The minimum absolute atomic E-state index is 0.0701. The maximum Gasteiger partial charge on any atom is 0.255 e. The molecule has 0 aliphatic carbocycles. The van der Waals surface area contributed by atoms with Crippen molar-refractivity contribution in [3.63, 3.8) is 0 Å². The number of carbonyl (C=O) groups excluding carboxylic acids is 2. The Balaban J connectivity index is 0.00000466. The highest BCUT2D eigenvalue weighted by atomic mass is 19.1. The summed E-state index contributed by atoms with van der Waals surface area (Å²) in [6, 6.07) is 0. The van der Waals surface area contributed by atoms with E-state index < -0.39 is 0 Å². The molecular formula is C25H41FN4O2. The molecule has 32 heavy (non-hydrogen) atoms. The zero-order valence-electron chi connectivity index (χ0n) is 20.8. The van der Waals surface area contributed by atoms with Gasteiger partial charge >= 0.3 is 0 Å². The van der Waals surface area contributed by atoms with E-state index in [2.05, 4.69) is 34.7 Å². The molecule has 0 spiro atoms. The van der Waals surface area contributed by atoms with Crippen LogP contribution in [0, 0.1) is 0 Å². The van der Waals surface area contributed by atoms with E-state index in [9.17, 15) is 14.0 Å². The van der Waals surface area contributed by atoms with Crippen LogP contribution >= 0.6 is 0 Å². The Morgan fingerprint density at radius 1 is 1.19 bits per heavy atom. The first kappa shape index (κ1) is 29.3. The predicted octanol–water partition coefficient (Wildman–Crippen LogP) is 4.11. The van der Waals surface area contributed by atoms with Crippen LogP contribution in [-0.4, -0.2) is 49.4 Å². The summed E-state index contributed by atoms with van der Waals surface area (Å²) < 4.78 is 13.2. The average Bonchev–Trinajstić information content (AvgIpc) is 3.16. The van der Waals surface area contributed by atoms with E-state index in [1.54, 1.807) is 19.1 Å². The molecule has 0 radical (unpaired) electrons. The summed E-state index contributed by atoms with van der Waals surface area (Å²) in [7, 11) is 0. The Labute approximate surface area is 193 Å². The van der Waals surface area contributed by atoms with Gasteiger partial charge in [-0.15, -0.1) is 0 Å². The molecule has 6 nitrogen and oxygen atoms in total. The number of hydrogen-bond donors (Lipinski definition) is 3. The SMILES string of the molecule is C/C=C(F)\C=C/C1=CC(=C/CN/C(C)=C(\CC)C(=O)NCCN(CC)CC)/C(=O)N1.CC. The lowest BCUT2D eigenvalue weighted by molar-refractivity contribution is -0.118. The number of rotatable bonds is 12. The molecule has 0 atom stereocenters. The van der Waals surface area contributed by atoms with Gasteiger partial charge in [-0.05, 0) is 51.6 Å². The van der Waals surface area contributed by atoms with Gasteiger partial charge in [0.05, 0.1) is 0 Å². The van der Waals surface area contributed by atoms with Crippen molar-refractivity contribution in [1.82, 2.24) is 20.9 Å². The van der Waals surface area contributed by atoms with Crippen LogP contribution < -0.4 is 16.0 Å².